The molecule has 7 heteroatoms. The normalized spacial score (nSPS) is 12.2. The Kier molecular flexibility index (Phi) is 2.16. The van der Waals surface area contributed by atoms with Gasteiger partial charge < -0.3 is 0 Å². The predicted octanol–water partition coefficient (Wildman–Crippen LogP) is 2.74. The summed E-state index contributed by atoms with van der Waals surface area (Å²) in [6, 6.07) is 6.90. The fraction of sp³-hybridized carbons (Fsp3) is 0.0909. The van der Waals surface area contributed by atoms with Crippen LogP contribution >= 0.6 is 0 Å². The van der Waals surface area contributed by atoms with Crippen molar-refractivity contribution in [2.75, 3.05) is 0 Å². The van der Waals surface area contributed by atoms with Gasteiger partial charge in [-0.2, -0.15) is 17.8 Å². The lowest BCUT2D eigenvalue weighted by atomic mass is 10.0. The highest BCUT2D eigenvalue weighted by Gasteiger charge is 2.33. The number of benzene rings is 1. The molecule has 0 saturated carbocycles. The molecular weight excluding hydrogens is 245 g/mol. The average molecular weight is 252 g/mol. The lowest BCUT2D eigenvalue weighted by Gasteiger charge is -2.10. The summed E-state index contributed by atoms with van der Waals surface area (Å²) in [7, 11) is 0. The van der Waals surface area contributed by atoms with Gasteiger partial charge in [0.1, 0.15) is 6.33 Å². The summed E-state index contributed by atoms with van der Waals surface area (Å²) >= 11 is 0. The third-order valence-electron chi connectivity index (χ3n) is 2.60. The molecule has 3 rings (SSSR count). The van der Waals surface area contributed by atoms with Crippen LogP contribution in [0.5, 0.6) is 0 Å². The number of hydrogen-bond donors (Lipinski definition) is 1. The van der Waals surface area contributed by atoms with Crippen LogP contribution < -0.4 is 0 Å². The minimum atomic E-state index is -4.39. The molecule has 18 heavy (non-hydrogen) atoms. The molecule has 0 fully saturated rings. The third-order valence-corrected chi connectivity index (χ3v) is 2.60. The van der Waals surface area contributed by atoms with E-state index < -0.39 is 11.7 Å². The zero-order valence-corrected chi connectivity index (χ0v) is 8.94. The number of aromatic nitrogens is 4. The predicted molar refractivity (Wildman–Crippen MR) is 57.8 cm³/mol. The van der Waals surface area contributed by atoms with Gasteiger partial charge in [-0.05, 0) is 6.07 Å². The van der Waals surface area contributed by atoms with Crippen molar-refractivity contribution in [1.29, 1.82) is 0 Å². The van der Waals surface area contributed by atoms with Crippen molar-refractivity contribution >= 4 is 5.65 Å². The number of nitrogens with zero attached hydrogens (tertiary/aromatic N) is 3. The second-order valence-electron chi connectivity index (χ2n) is 3.74. The molecule has 0 radical (unpaired) electrons. The number of H-pyrrole nitrogens is 1. The zero-order chi connectivity index (χ0) is 12.8. The standard InChI is InChI=1S/C11H7F3N4/c12-11(13,14)8-4-2-1-3-7(8)9-5-10-15-6-16-18(10)17-9/h1-6,17H. The summed E-state index contributed by atoms with van der Waals surface area (Å²) in [5.41, 5.74) is 0.201. The van der Waals surface area contributed by atoms with Crippen LogP contribution in [0.15, 0.2) is 36.7 Å². The van der Waals surface area contributed by atoms with Crippen LogP contribution in [0, 0.1) is 0 Å². The topological polar surface area (TPSA) is 46.0 Å². The number of hydrogen-bond acceptors (Lipinski definition) is 2. The van der Waals surface area contributed by atoms with Crippen molar-refractivity contribution in [3.8, 4) is 11.3 Å². The minimum absolute atomic E-state index is 0.0808. The Labute approximate surface area is 99.1 Å². The van der Waals surface area contributed by atoms with E-state index in [2.05, 4.69) is 15.2 Å². The Balaban J connectivity index is 2.20. The quantitative estimate of drug-likeness (QED) is 0.723. The Morgan fingerprint density at radius 2 is 1.94 bits per heavy atom. The van der Waals surface area contributed by atoms with Gasteiger partial charge in [0.05, 0.1) is 11.3 Å². The van der Waals surface area contributed by atoms with Crippen molar-refractivity contribution in [2.45, 2.75) is 6.18 Å². The molecule has 0 aliphatic heterocycles. The van der Waals surface area contributed by atoms with Crippen molar-refractivity contribution in [1.82, 2.24) is 19.8 Å². The summed E-state index contributed by atoms with van der Waals surface area (Å²) in [5.74, 6) is 0. The van der Waals surface area contributed by atoms with Crippen molar-refractivity contribution in [3.05, 3.63) is 42.2 Å². The third kappa shape index (κ3) is 1.64. The highest BCUT2D eigenvalue weighted by molar-refractivity contribution is 5.67. The molecule has 0 aliphatic carbocycles. The molecule has 4 nitrogen and oxygen atoms in total. The highest BCUT2D eigenvalue weighted by atomic mass is 19.4. The molecule has 0 unspecified atom stereocenters. The van der Waals surface area contributed by atoms with Gasteiger partial charge in [0.15, 0.2) is 5.65 Å². The summed E-state index contributed by atoms with van der Waals surface area (Å²) in [5, 5.41) is 6.57. The van der Waals surface area contributed by atoms with Crippen LogP contribution in [0.2, 0.25) is 0 Å². The lowest BCUT2D eigenvalue weighted by Crippen LogP contribution is -2.07. The van der Waals surface area contributed by atoms with Gasteiger partial charge in [0.25, 0.3) is 0 Å². The maximum atomic E-state index is 12.9. The average Bonchev–Trinajstić information content (AvgIpc) is 2.87. The van der Waals surface area contributed by atoms with Crippen LogP contribution in [-0.4, -0.2) is 19.8 Å². The molecule has 0 aliphatic rings. The zero-order valence-electron chi connectivity index (χ0n) is 8.94. The molecule has 0 bridgehead atoms. The monoisotopic (exact) mass is 252 g/mol. The minimum Gasteiger partial charge on any atom is -0.276 e. The van der Waals surface area contributed by atoms with Crippen molar-refractivity contribution in [2.24, 2.45) is 0 Å². The molecule has 3 aromatic rings. The summed E-state index contributed by atoms with van der Waals surface area (Å²) in [6.45, 7) is 0. The number of fused-ring (bicyclic) bond motifs is 1. The van der Waals surface area contributed by atoms with Crippen LogP contribution in [0.3, 0.4) is 0 Å². The Bertz CT molecular complexity index is 667. The Morgan fingerprint density at radius 1 is 1.17 bits per heavy atom. The van der Waals surface area contributed by atoms with Gasteiger partial charge in [0, 0.05) is 11.6 Å². The van der Waals surface area contributed by atoms with E-state index in [9.17, 15) is 13.2 Å². The first-order chi connectivity index (χ1) is 8.55. The Hall–Kier alpha value is -2.31. The molecule has 0 spiro atoms. The van der Waals surface area contributed by atoms with Crippen LogP contribution in [0.4, 0.5) is 13.2 Å². The molecule has 1 N–H and O–H groups in total. The van der Waals surface area contributed by atoms with E-state index in [-0.39, 0.29) is 5.56 Å². The second-order valence-corrected chi connectivity index (χ2v) is 3.74. The van der Waals surface area contributed by atoms with E-state index >= 15 is 0 Å². The number of alkyl halides is 3. The Morgan fingerprint density at radius 3 is 2.67 bits per heavy atom. The van der Waals surface area contributed by atoms with Gasteiger partial charge in [-0.1, -0.05) is 18.2 Å². The second kappa shape index (κ2) is 3.59. The van der Waals surface area contributed by atoms with E-state index in [1.807, 2.05) is 0 Å². The van der Waals surface area contributed by atoms with Gasteiger partial charge in [-0.15, -0.1) is 5.10 Å². The highest BCUT2D eigenvalue weighted by Crippen LogP contribution is 2.36. The largest absolute Gasteiger partial charge is 0.417 e. The molecule has 2 heterocycles. The summed E-state index contributed by atoms with van der Waals surface area (Å²) in [4.78, 5) is 3.90. The van der Waals surface area contributed by atoms with Gasteiger partial charge in [-0.3, -0.25) is 5.10 Å². The maximum absolute atomic E-state index is 12.9. The molecule has 0 atom stereocenters. The van der Waals surface area contributed by atoms with E-state index in [1.54, 1.807) is 6.07 Å². The summed E-state index contributed by atoms with van der Waals surface area (Å²) in [6.07, 6.45) is -3.07. The van der Waals surface area contributed by atoms with Crippen molar-refractivity contribution < 1.29 is 13.2 Å². The fourth-order valence-electron chi connectivity index (χ4n) is 1.81. The van der Waals surface area contributed by atoms with Crippen molar-refractivity contribution in [3.63, 3.8) is 0 Å². The van der Waals surface area contributed by atoms with Gasteiger partial charge in [-0.25, -0.2) is 4.98 Å². The van der Waals surface area contributed by atoms with Crippen LogP contribution in [0.1, 0.15) is 5.56 Å². The number of nitrogens with one attached hydrogen (secondary N) is 1. The first kappa shape index (κ1) is 10.8. The van der Waals surface area contributed by atoms with E-state index in [0.717, 1.165) is 6.07 Å². The SMILES string of the molecule is FC(F)(F)c1ccccc1-c1cc2ncnn2[nH]1. The van der Waals surface area contributed by atoms with Gasteiger partial charge >= 0.3 is 6.18 Å². The number of rotatable bonds is 1. The smallest absolute Gasteiger partial charge is 0.276 e. The maximum Gasteiger partial charge on any atom is 0.417 e. The molecular formula is C11H7F3N4. The number of aromatic amines is 1. The molecule has 0 saturated heterocycles. The van der Waals surface area contributed by atoms with E-state index in [4.69, 9.17) is 0 Å². The van der Waals surface area contributed by atoms with Crippen LogP contribution in [0.25, 0.3) is 16.9 Å². The van der Waals surface area contributed by atoms with Gasteiger partial charge in [0.2, 0.25) is 0 Å². The van der Waals surface area contributed by atoms with E-state index in [0.29, 0.717) is 11.3 Å². The lowest BCUT2D eigenvalue weighted by molar-refractivity contribution is -0.137. The molecule has 92 valence electrons. The van der Waals surface area contributed by atoms with Crippen LogP contribution in [-0.2, 0) is 6.18 Å². The first-order valence-corrected chi connectivity index (χ1v) is 5.11. The van der Waals surface area contributed by atoms with E-state index in [1.165, 1.54) is 29.2 Å². The first-order valence-electron chi connectivity index (χ1n) is 5.11. The molecule has 1 aromatic carbocycles. The summed E-state index contributed by atoms with van der Waals surface area (Å²) < 4.78 is 39.9. The molecule has 2 aromatic heterocycles. The number of halogens is 3. The fourth-order valence-corrected chi connectivity index (χ4v) is 1.81. The molecule has 0 amide bonds.